The van der Waals surface area contributed by atoms with Crippen molar-refractivity contribution in [2.24, 2.45) is 10.1 Å². The molecule has 1 aromatic carbocycles. The molecule has 1 aliphatic heterocycles. The van der Waals surface area contributed by atoms with E-state index in [2.05, 4.69) is 30.4 Å². The Hall–Kier alpha value is -3.23. The van der Waals surface area contributed by atoms with Crippen molar-refractivity contribution in [2.75, 3.05) is 13.1 Å². The van der Waals surface area contributed by atoms with Crippen LogP contribution in [0.4, 0.5) is 10.2 Å². The number of pyridine rings is 1. The van der Waals surface area contributed by atoms with Crippen molar-refractivity contribution in [1.29, 1.82) is 0 Å². The van der Waals surface area contributed by atoms with Gasteiger partial charge in [0.1, 0.15) is 11.6 Å². The van der Waals surface area contributed by atoms with Gasteiger partial charge in [-0.15, -0.1) is 0 Å². The molecule has 7 nitrogen and oxygen atoms in total. The van der Waals surface area contributed by atoms with Crippen molar-refractivity contribution in [3.8, 4) is 0 Å². The molecule has 4 rings (SSSR count). The fourth-order valence-electron chi connectivity index (χ4n) is 3.44. The number of halogens is 2. The SMILES string of the molecule is O/N=C(\Cc1ccc(F)c(Cl)c1)c1ccnc2c1CC(CNCCc1ncccn1)=N2. The van der Waals surface area contributed by atoms with Gasteiger partial charge in [-0.05, 0) is 29.8 Å². The van der Waals surface area contributed by atoms with Gasteiger partial charge in [-0.1, -0.05) is 22.8 Å². The molecule has 2 N–H and O–H groups in total. The van der Waals surface area contributed by atoms with E-state index in [0.717, 1.165) is 41.2 Å². The summed E-state index contributed by atoms with van der Waals surface area (Å²) in [5.41, 5.74) is 3.82. The molecule has 0 atom stereocenters. The monoisotopic (exact) mass is 438 g/mol. The number of nitrogens with one attached hydrogen (secondary N) is 1. The molecule has 0 radical (unpaired) electrons. The smallest absolute Gasteiger partial charge is 0.156 e. The van der Waals surface area contributed by atoms with Gasteiger partial charge >= 0.3 is 0 Å². The van der Waals surface area contributed by atoms with Crippen LogP contribution in [0.2, 0.25) is 5.02 Å². The van der Waals surface area contributed by atoms with Gasteiger partial charge in [0.05, 0.1) is 10.7 Å². The summed E-state index contributed by atoms with van der Waals surface area (Å²) in [7, 11) is 0. The van der Waals surface area contributed by atoms with Crippen molar-refractivity contribution in [3.63, 3.8) is 0 Å². The molecule has 0 fully saturated rings. The van der Waals surface area contributed by atoms with E-state index in [9.17, 15) is 9.60 Å². The number of hydrogen-bond donors (Lipinski definition) is 2. The Bertz CT molecular complexity index is 1140. The summed E-state index contributed by atoms with van der Waals surface area (Å²) in [4.78, 5) is 17.4. The third-order valence-corrected chi connectivity index (χ3v) is 5.23. The number of hydrogen-bond acceptors (Lipinski definition) is 7. The number of fused-ring (bicyclic) bond motifs is 1. The summed E-state index contributed by atoms with van der Waals surface area (Å²) >= 11 is 5.88. The van der Waals surface area contributed by atoms with Gasteiger partial charge in [0.15, 0.2) is 5.82 Å². The van der Waals surface area contributed by atoms with E-state index in [1.807, 2.05) is 0 Å². The van der Waals surface area contributed by atoms with Crippen LogP contribution in [0.25, 0.3) is 0 Å². The number of aliphatic imine (C=N–C) groups is 1. The third-order valence-electron chi connectivity index (χ3n) is 4.94. The Morgan fingerprint density at radius 1 is 1.16 bits per heavy atom. The number of rotatable bonds is 8. The zero-order chi connectivity index (χ0) is 21.6. The van der Waals surface area contributed by atoms with Gasteiger partial charge in [-0.2, -0.15) is 0 Å². The van der Waals surface area contributed by atoms with Crippen LogP contribution in [0.3, 0.4) is 0 Å². The van der Waals surface area contributed by atoms with Crippen LogP contribution < -0.4 is 5.32 Å². The molecule has 158 valence electrons. The lowest BCUT2D eigenvalue weighted by molar-refractivity contribution is 0.318. The molecule has 0 spiro atoms. The molecule has 9 heteroatoms. The molecular weight excluding hydrogens is 419 g/mol. The fourth-order valence-corrected chi connectivity index (χ4v) is 3.64. The van der Waals surface area contributed by atoms with Gasteiger partial charge in [0.25, 0.3) is 0 Å². The second-order valence-corrected chi connectivity index (χ2v) is 7.49. The normalized spacial score (nSPS) is 13.2. The van der Waals surface area contributed by atoms with Crippen molar-refractivity contribution < 1.29 is 9.60 Å². The van der Waals surface area contributed by atoms with E-state index in [4.69, 9.17) is 11.6 Å². The second-order valence-electron chi connectivity index (χ2n) is 7.08. The molecule has 1 aliphatic rings. The van der Waals surface area contributed by atoms with Crippen molar-refractivity contribution in [1.82, 2.24) is 20.3 Å². The van der Waals surface area contributed by atoms with Crippen molar-refractivity contribution in [3.05, 3.63) is 82.3 Å². The van der Waals surface area contributed by atoms with E-state index in [1.54, 1.807) is 36.8 Å². The Morgan fingerprint density at radius 3 is 2.77 bits per heavy atom. The average Bonchev–Trinajstić information content (AvgIpc) is 3.21. The number of aromatic nitrogens is 3. The molecule has 31 heavy (non-hydrogen) atoms. The Morgan fingerprint density at radius 2 is 2.00 bits per heavy atom. The number of benzene rings is 1. The summed E-state index contributed by atoms with van der Waals surface area (Å²) < 4.78 is 13.4. The van der Waals surface area contributed by atoms with Crippen LogP contribution in [-0.4, -0.2) is 44.7 Å². The highest BCUT2D eigenvalue weighted by atomic mass is 35.5. The first-order valence-corrected chi connectivity index (χ1v) is 10.2. The maximum Gasteiger partial charge on any atom is 0.156 e. The zero-order valence-electron chi connectivity index (χ0n) is 16.6. The minimum absolute atomic E-state index is 0.0346. The van der Waals surface area contributed by atoms with E-state index < -0.39 is 5.82 Å². The van der Waals surface area contributed by atoms with Crippen LogP contribution in [0.15, 0.2) is 59.1 Å². The minimum Gasteiger partial charge on any atom is -0.411 e. The summed E-state index contributed by atoms with van der Waals surface area (Å²) in [6.07, 6.45) is 6.74. The molecule has 0 amide bonds. The van der Waals surface area contributed by atoms with Crippen LogP contribution in [0.1, 0.15) is 22.5 Å². The molecule has 0 saturated heterocycles. The molecule has 3 heterocycles. The standard InChI is InChI=1S/C22H20ClFN6O/c23-18-10-14(2-3-19(18)24)11-20(30-31)16-4-9-28-22-17(16)12-15(29-22)13-25-8-5-21-26-6-1-7-27-21/h1-4,6-7,9-10,25,31H,5,8,11-13H2/b30-20+. The highest BCUT2D eigenvalue weighted by molar-refractivity contribution is 6.30. The third kappa shape index (κ3) is 5.10. The lowest BCUT2D eigenvalue weighted by Gasteiger charge is -2.10. The quantitative estimate of drug-likeness (QED) is 0.243. The number of nitrogens with zero attached hydrogens (tertiary/aromatic N) is 5. The fraction of sp³-hybridized carbons (Fsp3) is 0.227. The van der Waals surface area contributed by atoms with Crippen LogP contribution in [0, 0.1) is 5.82 Å². The van der Waals surface area contributed by atoms with Gasteiger partial charge in [0, 0.05) is 67.8 Å². The summed E-state index contributed by atoms with van der Waals surface area (Å²) in [5.74, 6) is 0.932. The Kier molecular flexibility index (Phi) is 6.59. The lowest BCUT2D eigenvalue weighted by atomic mass is 9.97. The molecular formula is C22H20ClFN6O. The first kappa shape index (κ1) is 21.0. The highest BCUT2D eigenvalue weighted by Crippen LogP contribution is 2.28. The summed E-state index contributed by atoms with van der Waals surface area (Å²) in [6, 6.07) is 8.05. The Labute approximate surface area is 183 Å². The zero-order valence-corrected chi connectivity index (χ0v) is 17.3. The largest absolute Gasteiger partial charge is 0.411 e. The van der Waals surface area contributed by atoms with Crippen molar-refractivity contribution in [2.45, 2.75) is 19.3 Å². The first-order chi connectivity index (χ1) is 15.1. The van der Waals surface area contributed by atoms with Gasteiger partial charge < -0.3 is 10.5 Å². The number of oxime groups is 1. The molecule has 2 aromatic heterocycles. The second kappa shape index (κ2) is 9.72. The van der Waals surface area contributed by atoms with E-state index in [-0.39, 0.29) is 5.02 Å². The van der Waals surface area contributed by atoms with Gasteiger partial charge in [0.2, 0.25) is 0 Å². The van der Waals surface area contributed by atoms with E-state index in [1.165, 1.54) is 12.1 Å². The highest BCUT2D eigenvalue weighted by Gasteiger charge is 2.22. The molecule has 0 aliphatic carbocycles. The first-order valence-electron chi connectivity index (χ1n) is 9.80. The predicted molar refractivity (Wildman–Crippen MR) is 117 cm³/mol. The van der Waals surface area contributed by atoms with Crippen LogP contribution >= 0.6 is 11.6 Å². The van der Waals surface area contributed by atoms with Crippen molar-refractivity contribution >= 4 is 28.8 Å². The maximum atomic E-state index is 13.4. The predicted octanol–water partition coefficient (Wildman–Crippen LogP) is 3.55. The molecule has 0 unspecified atom stereocenters. The van der Waals surface area contributed by atoms with Crippen LogP contribution in [0.5, 0.6) is 0 Å². The molecule has 0 bridgehead atoms. The summed E-state index contributed by atoms with van der Waals surface area (Å²) in [5, 5.41) is 16.5. The Balaban J connectivity index is 1.40. The van der Waals surface area contributed by atoms with Gasteiger partial charge in [-0.25, -0.2) is 24.3 Å². The summed E-state index contributed by atoms with van der Waals surface area (Å²) in [6.45, 7) is 1.34. The molecule has 0 saturated carbocycles. The minimum atomic E-state index is -0.484. The topological polar surface area (TPSA) is 95.7 Å². The van der Waals surface area contributed by atoms with Gasteiger partial charge in [-0.3, -0.25) is 0 Å². The average molecular weight is 439 g/mol. The molecule has 3 aromatic rings. The van der Waals surface area contributed by atoms with Crippen LogP contribution in [-0.2, 0) is 19.3 Å². The lowest BCUT2D eigenvalue weighted by Crippen LogP contribution is -2.25. The maximum absolute atomic E-state index is 13.4. The van der Waals surface area contributed by atoms with E-state index >= 15 is 0 Å². The van der Waals surface area contributed by atoms with E-state index in [0.29, 0.717) is 30.9 Å².